The summed E-state index contributed by atoms with van der Waals surface area (Å²) >= 11 is 0. The van der Waals surface area contributed by atoms with Gasteiger partial charge in [0.05, 0.1) is 0 Å². The number of hydrogen-bond donors (Lipinski definition) is 2. The fourth-order valence-electron chi connectivity index (χ4n) is 0.868. The van der Waals surface area contributed by atoms with E-state index in [1.165, 1.54) is 0 Å². The lowest BCUT2D eigenvalue weighted by Gasteiger charge is -2.16. The number of nitrogens with one attached hydrogen (secondary N) is 2. The summed E-state index contributed by atoms with van der Waals surface area (Å²) in [5, 5.41) is 3.30. The van der Waals surface area contributed by atoms with Crippen molar-refractivity contribution in [3.63, 3.8) is 0 Å². The summed E-state index contributed by atoms with van der Waals surface area (Å²) in [5.41, 5.74) is 1.09. The quantitative estimate of drug-likeness (QED) is 0.724. The molecule has 1 unspecified atom stereocenters. The van der Waals surface area contributed by atoms with Gasteiger partial charge in [-0.2, -0.15) is 0 Å². The van der Waals surface area contributed by atoms with Gasteiger partial charge in [-0.3, -0.25) is 0 Å². The molecule has 68 valence electrons. The number of rotatable bonds is 3. The van der Waals surface area contributed by atoms with Crippen molar-refractivity contribution < 1.29 is 0 Å². The van der Waals surface area contributed by atoms with Crippen molar-refractivity contribution in [2.75, 3.05) is 5.32 Å². The largest absolute Gasteiger partial charge is 0.353 e. The zero-order chi connectivity index (χ0) is 9.14. The molecule has 0 saturated heterocycles. The highest BCUT2D eigenvalue weighted by Gasteiger charge is 2.07. The molecule has 3 heteroatoms. The maximum absolute atomic E-state index is 4.17. The van der Waals surface area contributed by atoms with Crippen molar-refractivity contribution in [3.8, 4) is 0 Å². The standard InChI is InChI=1S/C9H17N3/c1-6(2)8(4)12-9-10-5-7(3)11-9/h5-6,8H,1-4H3,(H2,10,11,12). The Morgan fingerprint density at radius 1 is 1.42 bits per heavy atom. The molecule has 0 fully saturated rings. The van der Waals surface area contributed by atoms with E-state index in [2.05, 4.69) is 36.1 Å². The molecule has 0 aliphatic carbocycles. The Balaban J connectivity index is 2.52. The third kappa shape index (κ3) is 2.26. The minimum atomic E-state index is 0.454. The van der Waals surface area contributed by atoms with Crippen LogP contribution in [0.5, 0.6) is 0 Å². The molecule has 1 heterocycles. The molecule has 0 bridgehead atoms. The summed E-state index contributed by atoms with van der Waals surface area (Å²) in [5.74, 6) is 1.49. The van der Waals surface area contributed by atoms with Gasteiger partial charge in [0.2, 0.25) is 5.95 Å². The molecule has 1 aromatic heterocycles. The van der Waals surface area contributed by atoms with E-state index in [4.69, 9.17) is 0 Å². The van der Waals surface area contributed by atoms with Gasteiger partial charge in [0.25, 0.3) is 0 Å². The van der Waals surface area contributed by atoms with Gasteiger partial charge in [-0.05, 0) is 19.8 Å². The van der Waals surface area contributed by atoms with E-state index in [1.54, 1.807) is 0 Å². The minimum Gasteiger partial charge on any atom is -0.353 e. The van der Waals surface area contributed by atoms with Gasteiger partial charge in [0.1, 0.15) is 0 Å². The molecular weight excluding hydrogens is 150 g/mol. The van der Waals surface area contributed by atoms with Crippen molar-refractivity contribution >= 4 is 5.95 Å². The van der Waals surface area contributed by atoms with Gasteiger partial charge in [0.15, 0.2) is 0 Å². The molecule has 0 amide bonds. The van der Waals surface area contributed by atoms with Crippen LogP contribution < -0.4 is 5.32 Å². The highest BCUT2D eigenvalue weighted by Crippen LogP contribution is 2.08. The molecule has 0 saturated carbocycles. The van der Waals surface area contributed by atoms with Crippen LogP contribution in [0, 0.1) is 12.8 Å². The SMILES string of the molecule is Cc1cnc(NC(C)C(C)C)[nH]1. The maximum Gasteiger partial charge on any atom is 0.200 e. The number of aromatic nitrogens is 2. The second-order valence-electron chi connectivity index (χ2n) is 3.59. The highest BCUT2D eigenvalue weighted by atomic mass is 15.1. The zero-order valence-electron chi connectivity index (χ0n) is 8.18. The van der Waals surface area contributed by atoms with E-state index in [-0.39, 0.29) is 0 Å². The summed E-state index contributed by atoms with van der Waals surface area (Å²) in [6.07, 6.45) is 1.83. The van der Waals surface area contributed by atoms with Crippen molar-refractivity contribution in [1.82, 2.24) is 9.97 Å². The first-order chi connectivity index (χ1) is 5.59. The number of aromatic amines is 1. The van der Waals surface area contributed by atoms with E-state index < -0.39 is 0 Å². The first-order valence-corrected chi connectivity index (χ1v) is 4.37. The van der Waals surface area contributed by atoms with Crippen LogP contribution in [0.4, 0.5) is 5.95 Å². The summed E-state index contributed by atoms with van der Waals surface area (Å²) in [7, 11) is 0. The Morgan fingerprint density at radius 2 is 2.08 bits per heavy atom. The van der Waals surface area contributed by atoms with Crippen molar-refractivity contribution in [3.05, 3.63) is 11.9 Å². The number of imidazole rings is 1. The van der Waals surface area contributed by atoms with Gasteiger partial charge in [-0.1, -0.05) is 13.8 Å². The van der Waals surface area contributed by atoms with Crippen LogP contribution in [0.1, 0.15) is 26.5 Å². The van der Waals surface area contributed by atoms with E-state index in [9.17, 15) is 0 Å². The first-order valence-electron chi connectivity index (χ1n) is 4.37. The topological polar surface area (TPSA) is 40.7 Å². The Hall–Kier alpha value is -0.990. The first kappa shape index (κ1) is 9.10. The average Bonchev–Trinajstić information content (AvgIpc) is 2.35. The monoisotopic (exact) mass is 167 g/mol. The molecule has 0 aliphatic heterocycles. The lowest BCUT2D eigenvalue weighted by atomic mass is 10.1. The molecular formula is C9H17N3. The van der Waals surface area contributed by atoms with Gasteiger partial charge in [-0.25, -0.2) is 4.98 Å². The summed E-state index contributed by atoms with van der Waals surface area (Å²) < 4.78 is 0. The highest BCUT2D eigenvalue weighted by molar-refractivity contribution is 5.27. The second-order valence-corrected chi connectivity index (χ2v) is 3.59. The smallest absolute Gasteiger partial charge is 0.200 e. The fourth-order valence-corrected chi connectivity index (χ4v) is 0.868. The molecule has 0 spiro atoms. The zero-order valence-corrected chi connectivity index (χ0v) is 8.18. The second kappa shape index (κ2) is 3.61. The van der Waals surface area contributed by atoms with Gasteiger partial charge < -0.3 is 10.3 Å². The molecule has 1 aromatic rings. The molecule has 3 nitrogen and oxygen atoms in total. The Morgan fingerprint density at radius 3 is 2.50 bits per heavy atom. The lowest BCUT2D eigenvalue weighted by Crippen LogP contribution is -2.22. The molecule has 12 heavy (non-hydrogen) atoms. The molecule has 0 aliphatic rings. The maximum atomic E-state index is 4.17. The van der Waals surface area contributed by atoms with Crippen LogP contribution in [0.15, 0.2) is 6.20 Å². The van der Waals surface area contributed by atoms with E-state index in [0.717, 1.165) is 11.6 Å². The summed E-state index contributed by atoms with van der Waals surface area (Å²) in [6.45, 7) is 8.53. The predicted octanol–water partition coefficient (Wildman–Crippen LogP) is 2.17. The third-order valence-electron chi connectivity index (χ3n) is 2.07. The van der Waals surface area contributed by atoms with E-state index in [0.29, 0.717) is 12.0 Å². The number of aryl methyl sites for hydroxylation is 1. The van der Waals surface area contributed by atoms with Crippen LogP contribution in [-0.2, 0) is 0 Å². The minimum absolute atomic E-state index is 0.454. The molecule has 0 aromatic carbocycles. The summed E-state index contributed by atoms with van der Waals surface area (Å²) in [6, 6.07) is 0.454. The van der Waals surface area contributed by atoms with Crippen molar-refractivity contribution in [2.24, 2.45) is 5.92 Å². The van der Waals surface area contributed by atoms with Crippen molar-refractivity contribution in [2.45, 2.75) is 33.7 Å². The average molecular weight is 167 g/mol. The van der Waals surface area contributed by atoms with Crippen LogP contribution >= 0.6 is 0 Å². The van der Waals surface area contributed by atoms with E-state index in [1.807, 2.05) is 13.1 Å². The number of H-pyrrole nitrogens is 1. The fraction of sp³-hybridized carbons (Fsp3) is 0.667. The summed E-state index contributed by atoms with van der Waals surface area (Å²) in [4.78, 5) is 7.31. The molecule has 1 atom stereocenters. The number of nitrogens with zero attached hydrogens (tertiary/aromatic N) is 1. The normalized spacial score (nSPS) is 13.4. The molecule has 2 N–H and O–H groups in total. The predicted molar refractivity (Wildman–Crippen MR) is 51.2 cm³/mol. The van der Waals surface area contributed by atoms with Crippen LogP contribution in [-0.4, -0.2) is 16.0 Å². The van der Waals surface area contributed by atoms with Crippen LogP contribution in [0.25, 0.3) is 0 Å². The third-order valence-corrected chi connectivity index (χ3v) is 2.07. The molecule has 0 radical (unpaired) electrons. The van der Waals surface area contributed by atoms with Crippen LogP contribution in [0.2, 0.25) is 0 Å². The Bertz CT molecular complexity index is 240. The van der Waals surface area contributed by atoms with E-state index >= 15 is 0 Å². The van der Waals surface area contributed by atoms with Crippen molar-refractivity contribution in [1.29, 1.82) is 0 Å². The molecule has 1 rings (SSSR count). The lowest BCUT2D eigenvalue weighted by molar-refractivity contribution is 0.557. The Kier molecular flexibility index (Phi) is 2.74. The number of hydrogen-bond acceptors (Lipinski definition) is 2. The van der Waals surface area contributed by atoms with Gasteiger partial charge in [0, 0.05) is 17.9 Å². The Labute approximate surface area is 73.6 Å². The van der Waals surface area contributed by atoms with Gasteiger partial charge in [-0.15, -0.1) is 0 Å². The van der Waals surface area contributed by atoms with Gasteiger partial charge >= 0.3 is 0 Å². The number of anilines is 1. The van der Waals surface area contributed by atoms with Crippen LogP contribution in [0.3, 0.4) is 0 Å².